The van der Waals surface area contributed by atoms with Gasteiger partial charge in [-0.2, -0.15) is 5.10 Å². The molecule has 0 N–H and O–H groups in total. The van der Waals surface area contributed by atoms with Gasteiger partial charge in [0.05, 0.1) is 0 Å². The number of rotatable bonds is 2. The molecule has 0 saturated carbocycles. The minimum absolute atomic E-state index is 0.0917. The number of esters is 1. The summed E-state index contributed by atoms with van der Waals surface area (Å²) in [7, 11) is 5.45. The van der Waals surface area contributed by atoms with E-state index in [9.17, 15) is 4.79 Å². The molecule has 0 spiro atoms. The molecule has 1 rings (SSSR count). The Morgan fingerprint density at radius 1 is 1.64 bits per heavy atom. The van der Waals surface area contributed by atoms with Gasteiger partial charge in [-0.05, 0) is 20.8 Å². The van der Waals surface area contributed by atoms with Crippen LogP contribution in [0.4, 0.5) is 0 Å². The standard InChI is InChI=1S/C9H13BN2O2/c1-9(2,3)14-8(13)6-12-5-7(10)4-11-12/h4-5H,6H2,1-3H3. The van der Waals surface area contributed by atoms with E-state index in [4.69, 9.17) is 12.6 Å². The van der Waals surface area contributed by atoms with E-state index in [1.165, 1.54) is 10.9 Å². The Labute approximate surface area is 84.7 Å². The van der Waals surface area contributed by atoms with Crippen LogP contribution < -0.4 is 5.46 Å². The molecule has 2 radical (unpaired) electrons. The zero-order chi connectivity index (χ0) is 10.8. The van der Waals surface area contributed by atoms with Crippen LogP contribution in [-0.2, 0) is 16.1 Å². The molecule has 4 nitrogen and oxygen atoms in total. The largest absolute Gasteiger partial charge is 0.459 e. The highest BCUT2D eigenvalue weighted by molar-refractivity contribution is 6.31. The van der Waals surface area contributed by atoms with Gasteiger partial charge in [-0.15, -0.1) is 0 Å². The van der Waals surface area contributed by atoms with Crippen molar-refractivity contribution >= 4 is 19.3 Å². The van der Waals surface area contributed by atoms with E-state index in [0.29, 0.717) is 5.46 Å². The minimum atomic E-state index is -0.463. The molecule has 0 bridgehead atoms. The van der Waals surface area contributed by atoms with Crippen molar-refractivity contribution in [3.05, 3.63) is 12.4 Å². The highest BCUT2D eigenvalue weighted by Crippen LogP contribution is 2.07. The fourth-order valence-electron chi connectivity index (χ4n) is 0.972. The van der Waals surface area contributed by atoms with Gasteiger partial charge in [0, 0.05) is 12.4 Å². The molecule has 1 aromatic rings. The molecular weight excluding hydrogens is 179 g/mol. The molecule has 0 aromatic carbocycles. The maximum absolute atomic E-state index is 11.3. The zero-order valence-corrected chi connectivity index (χ0v) is 8.65. The first-order valence-electron chi connectivity index (χ1n) is 4.36. The number of nitrogens with zero attached hydrogens (tertiary/aromatic N) is 2. The average Bonchev–Trinajstić information content (AvgIpc) is 2.30. The second-order valence-electron chi connectivity index (χ2n) is 4.06. The van der Waals surface area contributed by atoms with Crippen molar-refractivity contribution in [1.29, 1.82) is 0 Å². The Bertz CT molecular complexity index is 328. The predicted octanol–water partition coefficient (Wildman–Crippen LogP) is 0.0186. The molecule has 0 unspecified atom stereocenters. The predicted molar refractivity (Wildman–Crippen MR) is 53.5 cm³/mol. The Hall–Kier alpha value is -1.26. The van der Waals surface area contributed by atoms with Crippen LogP contribution in [0.5, 0.6) is 0 Å². The topological polar surface area (TPSA) is 44.1 Å². The fraction of sp³-hybridized carbons (Fsp3) is 0.556. The van der Waals surface area contributed by atoms with Crippen LogP contribution in [-0.4, -0.2) is 29.2 Å². The highest BCUT2D eigenvalue weighted by atomic mass is 16.6. The molecule has 0 aliphatic rings. The van der Waals surface area contributed by atoms with Crippen molar-refractivity contribution in [2.24, 2.45) is 0 Å². The van der Waals surface area contributed by atoms with Gasteiger partial charge in [0.1, 0.15) is 20.0 Å². The van der Waals surface area contributed by atoms with Crippen LogP contribution in [0.1, 0.15) is 20.8 Å². The van der Waals surface area contributed by atoms with Crippen LogP contribution in [0, 0.1) is 0 Å². The summed E-state index contributed by atoms with van der Waals surface area (Å²) in [5.74, 6) is -0.319. The number of hydrogen-bond acceptors (Lipinski definition) is 3. The van der Waals surface area contributed by atoms with Crippen molar-refractivity contribution in [2.45, 2.75) is 32.9 Å². The molecular formula is C9H13BN2O2. The third-order valence-electron chi connectivity index (χ3n) is 1.36. The van der Waals surface area contributed by atoms with E-state index in [0.717, 1.165) is 0 Å². The third-order valence-corrected chi connectivity index (χ3v) is 1.36. The molecule has 0 aliphatic heterocycles. The van der Waals surface area contributed by atoms with E-state index < -0.39 is 5.60 Å². The van der Waals surface area contributed by atoms with Crippen LogP contribution in [0.25, 0.3) is 0 Å². The Morgan fingerprint density at radius 2 is 2.29 bits per heavy atom. The minimum Gasteiger partial charge on any atom is -0.459 e. The van der Waals surface area contributed by atoms with Gasteiger partial charge in [0.15, 0.2) is 0 Å². The van der Waals surface area contributed by atoms with Gasteiger partial charge >= 0.3 is 5.97 Å². The van der Waals surface area contributed by atoms with Gasteiger partial charge < -0.3 is 4.74 Å². The van der Waals surface area contributed by atoms with Gasteiger partial charge in [0.2, 0.25) is 0 Å². The lowest BCUT2D eigenvalue weighted by Gasteiger charge is -2.19. The second-order valence-corrected chi connectivity index (χ2v) is 4.06. The molecule has 0 amide bonds. The quantitative estimate of drug-likeness (QED) is 0.490. The summed E-state index contributed by atoms with van der Waals surface area (Å²) in [6.45, 7) is 5.56. The van der Waals surface area contributed by atoms with Crippen LogP contribution in [0.15, 0.2) is 12.4 Å². The first kappa shape index (κ1) is 10.8. The summed E-state index contributed by atoms with van der Waals surface area (Å²) in [6, 6.07) is 0. The highest BCUT2D eigenvalue weighted by Gasteiger charge is 2.16. The number of carbonyl (C=O) groups excluding carboxylic acids is 1. The molecule has 1 aromatic heterocycles. The SMILES string of the molecule is [B]c1cnn(CC(=O)OC(C)(C)C)c1. The van der Waals surface area contributed by atoms with Crippen molar-refractivity contribution in [3.63, 3.8) is 0 Å². The van der Waals surface area contributed by atoms with Crippen molar-refractivity contribution in [3.8, 4) is 0 Å². The number of carbonyl (C=O) groups is 1. The van der Waals surface area contributed by atoms with E-state index in [-0.39, 0.29) is 12.5 Å². The molecule has 1 heterocycles. The lowest BCUT2D eigenvalue weighted by Crippen LogP contribution is -2.26. The first-order valence-corrected chi connectivity index (χ1v) is 4.36. The Kier molecular flexibility index (Phi) is 2.98. The number of ether oxygens (including phenoxy) is 1. The number of aromatic nitrogens is 2. The normalized spacial score (nSPS) is 11.4. The van der Waals surface area contributed by atoms with Gasteiger partial charge in [-0.3, -0.25) is 9.48 Å². The van der Waals surface area contributed by atoms with E-state index in [1.54, 1.807) is 6.20 Å². The second kappa shape index (κ2) is 3.86. The van der Waals surface area contributed by atoms with Gasteiger partial charge in [-0.1, -0.05) is 5.46 Å². The van der Waals surface area contributed by atoms with Crippen LogP contribution in [0.3, 0.4) is 0 Å². The Morgan fingerprint density at radius 3 is 2.71 bits per heavy atom. The molecule has 0 fully saturated rings. The van der Waals surface area contributed by atoms with E-state index in [1.807, 2.05) is 20.8 Å². The van der Waals surface area contributed by atoms with Crippen molar-refractivity contribution < 1.29 is 9.53 Å². The van der Waals surface area contributed by atoms with Crippen LogP contribution >= 0.6 is 0 Å². The summed E-state index contributed by atoms with van der Waals surface area (Å²) < 4.78 is 6.56. The zero-order valence-electron chi connectivity index (χ0n) is 8.65. The summed E-state index contributed by atoms with van der Waals surface area (Å²) in [5, 5.41) is 3.88. The molecule has 14 heavy (non-hydrogen) atoms. The smallest absolute Gasteiger partial charge is 0.328 e. The lowest BCUT2D eigenvalue weighted by atomic mass is 10.0. The lowest BCUT2D eigenvalue weighted by molar-refractivity contribution is -0.155. The molecule has 5 heteroatoms. The molecule has 0 atom stereocenters. The monoisotopic (exact) mass is 192 g/mol. The van der Waals surface area contributed by atoms with Crippen molar-refractivity contribution in [1.82, 2.24) is 9.78 Å². The Balaban J connectivity index is 2.50. The summed E-state index contributed by atoms with van der Waals surface area (Å²) in [6.07, 6.45) is 3.08. The summed E-state index contributed by atoms with van der Waals surface area (Å²) >= 11 is 0. The maximum Gasteiger partial charge on any atom is 0.328 e. The molecule has 0 aliphatic carbocycles. The van der Waals surface area contributed by atoms with Crippen LogP contribution in [0.2, 0.25) is 0 Å². The third kappa shape index (κ3) is 3.64. The first-order chi connectivity index (χ1) is 6.37. The van der Waals surface area contributed by atoms with Gasteiger partial charge in [0.25, 0.3) is 0 Å². The van der Waals surface area contributed by atoms with Gasteiger partial charge in [-0.25, -0.2) is 0 Å². The fourth-order valence-corrected chi connectivity index (χ4v) is 0.972. The van der Waals surface area contributed by atoms with E-state index in [2.05, 4.69) is 5.10 Å². The summed E-state index contributed by atoms with van der Waals surface area (Å²) in [4.78, 5) is 11.3. The average molecular weight is 192 g/mol. The molecule has 0 saturated heterocycles. The molecule has 74 valence electrons. The number of hydrogen-bond donors (Lipinski definition) is 0. The van der Waals surface area contributed by atoms with E-state index >= 15 is 0 Å². The summed E-state index contributed by atoms with van der Waals surface area (Å²) in [5.41, 5.74) is 0.0732. The van der Waals surface area contributed by atoms with Crippen molar-refractivity contribution in [2.75, 3.05) is 0 Å². The maximum atomic E-state index is 11.3.